The van der Waals surface area contributed by atoms with E-state index in [1.54, 1.807) is 30.3 Å². The van der Waals surface area contributed by atoms with Crippen molar-refractivity contribution in [1.82, 2.24) is 0 Å². The molecule has 3 N–H and O–H groups in total. The summed E-state index contributed by atoms with van der Waals surface area (Å²) in [5.74, 6) is -0.487. The Hall–Kier alpha value is -1.91. The van der Waals surface area contributed by atoms with Gasteiger partial charge < -0.3 is 15.8 Å². The van der Waals surface area contributed by atoms with Crippen LogP contribution in [0.1, 0.15) is 15.9 Å². The molecule has 110 valence electrons. The number of rotatable bonds is 3. The molecule has 0 bridgehead atoms. The van der Waals surface area contributed by atoms with E-state index < -0.39 is 5.97 Å². The zero-order valence-electron chi connectivity index (χ0n) is 11.5. The van der Waals surface area contributed by atoms with Crippen molar-refractivity contribution < 1.29 is 9.53 Å². The van der Waals surface area contributed by atoms with Crippen LogP contribution in [-0.4, -0.2) is 13.1 Å². The van der Waals surface area contributed by atoms with E-state index in [4.69, 9.17) is 33.7 Å². The number of benzene rings is 2. The number of esters is 1. The van der Waals surface area contributed by atoms with Crippen molar-refractivity contribution in [2.24, 2.45) is 0 Å². The molecule has 6 heteroatoms. The molecule has 0 heterocycles. The molecule has 0 spiro atoms. The van der Waals surface area contributed by atoms with E-state index in [2.05, 4.69) is 5.32 Å². The molecule has 0 saturated carbocycles. The fourth-order valence-electron chi connectivity index (χ4n) is 1.87. The second-order valence-corrected chi connectivity index (χ2v) is 5.28. The van der Waals surface area contributed by atoms with Crippen molar-refractivity contribution in [3.05, 3.63) is 51.5 Å². The number of nitrogens with two attached hydrogens (primary N) is 1. The van der Waals surface area contributed by atoms with Gasteiger partial charge in [-0.25, -0.2) is 4.79 Å². The average Bonchev–Trinajstić information content (AvgIpc) is 2.45. The Balaban J connectivity index is 2.49. The fourth-order valence-corrected chi connectivity index (χ4v) is 2.30. The third kappa shape index (κ3) is 3.23. The number of para-hydroxylation sites is 1. The highest BCUT2D eigenvalue weighted by Gasteiger charge is 2.15. The van der Waals surface area contributed by atoms with Crippen LogP contribution in [0.2, 0.25) is 10.0 Å². The minimum Gasteiger partial charge on any atom is -0.465 e. The van der Waals surface area contributed by atoms with Crippen LogP contribution in [0.5, 0.6) is 0 Å². The van der Waals surface area contributed by atoms with Crippen LogP contribution < -0.4 is 11.1 Å². The smallest absolute Gasteiger partial charge is 0.340 e. The molecule has 2 rings (SSSR count). The molecule has 0 saturated heterocycles. The lowest BCUT2D eigenvalue weighted by Gasteiger charge is -2.15. The first kappa shape index (κ1) is 15.5. The summed E-state index contributed by atoms with van der Waals surface area (Å²) in [5.41, 5.74) is 8.53. The average molecular weight is 325 g/mol. The summed E-state index contributed by atoms with van der Waals surface area (Å²) in [6.07, 6.45) is 0. The zero-order chi connectivity index (χ0) is 15.6. The predicted octanol–water partition coefficient (Wildman–Crippen LogP) is 4.41. The van der Waals surface area contributed by atoms with E-state index in [0.29, 0.717) is 32.7 Å². The summed E-state index contributed by atoms with van der Waals surface area (Å²) in [7, 11) is 1.31. The molecular weight excluding hydrogens is 311 g/mol. The molecule has 0 unspecified atom stereocenters. The van der Waals surface area contributed by atoms with Gasteiger partial charge in [-0.05, 0) is 36.8 Å². The first-order valence-electron chi connectivity index (χ1n) is 6.13. The molecule has 0 fully saturated rings. The SMILES string of the molecule is COC(=O)c1cccc(N)c1Nc1cc(Cl)c(C)cc1Cl. The molecule has 0 aliphatic carbocycles. The van der Waals surface area contributed by atoms with Gasteiger partial charge in [0.15, 0.2) is 0 Å². The molecule has 2 aromatic carbocycles. The van der Waals surface area contributed by atoms with Crippen molar-refractivity contribution in [3.8, 4) is 0 Å². The monoisotopic (exact) mass is 324 g/mol. The number of carbonyl (C=O) groups is 1. The number of ether oxygens (including phenoxy) is 1. The van der Waals surface area contributed by atoms with Gasteiger partial charge in [-0.1, -0.05) is 29.3 Å². The van der Waals surface area contributed by atoms with Crippen LogP contribution in [0.25, 0.3) is 0 Å². The predicted molar refractivity (Wildman–Crippen MR) is 86.7 cm³/mol. The quantitative estimate of drug-likeness (QED) is 0.648. The number of nitrogens with one attached hydrogen (secondary N) is 1. The van der Waals surface area contributed by atoms with E-state index in [1.807, 2.05) is 6.92 Å². The molecule has 0 aliphatic rings. The van der Waals surface area contributed by atoms with Crippen LogP contribution in [-0.2, 0) is 4.74 Å². The summed E-state index contributed by atoms with van der Waals surface area (Å²) in [6, 6.07) is 8.40. The lowest BCUT2D eigenvalue weighted by atomic mass is 10.1. The molecule has 0 aliphatic heterocycles. The lowest BCUT2D eigenvalue weighted by molar-refractivity contribution is 0.0602. The summed E-state index contributed by atoms with van der Waals surface area (Å²) in [4.78, 5) is 11.8. The van der Waals surface area contributed by atoms with E-state index in [9.17, 15) is 4.79 Å². The van der Waals surface area contributed by atoms with E-state index in [-0.39, 0.29) is 0 Å². The minimum absolute atomic E-state index is 0.324. The maximum Gasteiger partial charge on any atom is 0.340 e. The van der Waals surface area contributed by atoms with E-state index in [1.165, 1.54) is 7.11 Å². The largest absolute Gasteiger partial charge is 0.465 e. The zero-order valence-corrected chi connectivity index (χ0v) is 13.0. The first-order valence-corrected chi connectivity index (χ1v) is 6.89. The summed E-state index contributed by atoms with van der Waals surface area (Å²) in [6.45, 7) is 1.86. The van der Waals surface area contributed by atoms with Crippen molar-refractivity contribution >= 4 is 46.2 Å². The maximum absolute atomic E-state index is 11.8. The number of nitrogen functional groups attached to an aromatic ring is 1. The third-order valence-electron chi connectivity index (χ3n) is 3.01. The highest BCUT2D eigenvalue weighted by atomic mass is 35.5. The van der Waals surface area contributed by atoms with Crippen LogP contribution >= 0.6 is 23.2 Å². The number of hydrogen-bond donors (Lipinski definition) is 2. The van der Waals surface area contributed by atoms with Crippen LogP contribution in [0.4, 0.5) is 17.1 Å². The van der Waals surface area contributed by atoms with Gasteiger partial charge in [0.25, 0.3) is 0 Å². The number of carbonyl (C=O) groups excluding carboxylic acids is 1. The second kappa shape index (κ2) is 6.24. The van der Waals surface area contributed by atoms with E-state index >= 15 is 0 Å². The normalized spacial score (nSPS) is 10.3. The van der Waals surface area contributed by atoms with Gasteiger partial charge >= 0.3 is 5.97 Å². The van der Waals surface area contributed by atoms with Crippen LogP contribution in [0.3, 0.4) is 0 Å². The van der Waals surface area contributed by atoms with Gasteiger partial charge in [0.05, 0.1) is 34.8 Å². The Labute approximate surface area is 132 Å². The Morgan fingerprint density at radius 1 is 1.24 bits per heavy atom. The molecule has 0 radical (unpaired) electrons. The summed E-state index contributed by atoms with van der Waals surface area (Å²) >= 11 is 12.3. The Morgan fingerprint density at radius 3 is 2.62 bits per heavy atom. The summed E-state index contributed by atoms with van der Waals surface area (Å²) in [5, 5.41) is 4.10. The molecule has 0 amide bonds. The number of aryl methyl sites for hydroxylation is 1. The molecular formula is C15H14Cl2N2O2. The van der Waals surface area contributed by atoms with Gasteiger partial charge in [-0.2, -0.15) is 0 Å². The Bertz CT molecular complexity index is 702. The molecule has 21 heavy (non-hydrogen) atoms. The van der Waals surface area contributed by atoms with Crippen LogP contribution in [0.15, 0.2) is 30.3 Å². The van der Waals surface area contributed by atoms with Gasteiger partial charge in [0.2, 0.25) is 0 Å². The molecule has 2 aromatic rings. The number of halogens is 2. The fraction of sp³-hybridized carbons (Fsp3) is 0.133. The molecule has 4 nitrogen and oxygen atoms in total. The first-order chi connectivity index (χ1) is 9.93. The van der Waals surface area contributed by atoms with E-state index in [0.717, 1.165) is 5.56 Å². The Morgan fingerprint density at radius 2 is 1.95 bits per heavy atom. The third-order valence-corrected chi connectivity index (χ3v) is 3.73. The highest BCUT2D eigenvalue weighted by Crippen LogP contribution is 2.34. The highest BCUT2D eigenvalue weighted by molar-refractivity contribution is 6.36. The number of anilines is 3. The van der Waals surface area contributed by atoms with Crippen LogP contribution in [0, 0.1) is 6.92 Å². The van der Waals surface area contributed by atoms with Crippen molar-refractivity contribution in [2.75, 3.05) is 18.2 Å². The maximum atomic E-state index is 11.8. The van der Waals surface area contributed by atoms with Gasteiger partial charge in [-0.15, -0.1) is 0 Å². The number of hydrogen-bond acceptors (Lipinski definition) is 4. The van der Waals surface area contributed by atoms with Gasteiger partial charge in [0.1, 0.15) is 0 Å². The summed E-state index contributed by atoms with van der Waals surface area (Å²) < 4.78 is 4.75. The lowest BCUT2D eigenvalue weighted by Crippen LogP contribution is -2.08. The minimum atomic E-state index is -0.487. The second-order valence-electron chi connectivity index (χ2n) is 4.47. The van der Waals surface area contributed by atoms with Gasteiger partial charge in [0, 0.05) is 5.02 Å². The van der Waals surface area contributed by atoms with Crippen molar-refractivity contribution in [1.29, 1.82) is 0 Å². The Kier molecular flexibility index (Phi) is 4.60. The van der Waals surface area contributed by atoms with Crippen molar-refractivity contribution in [2.45, 2.75) is 6.92 Å². The molecule has 0 atom stereocenters. The topological polar surface area (TPSA) is 64.3 Å². The van der Waals surface area contributed by atoms with Crippen molar-refractivity contribution in [3.63, 3.8) is 0 Å². The van der Waals surface area contributed by atoms with Gasteiger partial charge in [-0.3, -0.25) is 0 Å². The molecule has 0 aromatic heterocycles. The standard InChI is InChI=1S/C15H14Cl2N2O2/c1-8-6-11(17)13(7-10(8)16)19-14-9(15(20)21-2)4-3-5-12(14)18/h3-7,19H,18H2,1-2H3. The number of methoxy groups -OCH3 is 1.